The minimum absolute atomic E-state index is 0.367. The van der Waals surface area contributed by atoms with E-state index in [0.29, 0.717) is 11.4 Å². The van der Waals surface area contributed by atoms with Crippen molar-refractivity contribution in [3.05, 3.63) is 0 Å². The van der Waals surface area contributed by atoms with Gasteiger partial charge in [0.05, 0.1) is 6.61 Å². The van der Waals surface area contributed by atoms with Gasteiger partial charge in [-0.3, -0.25) is 0 Å². The van der Waals surface area contributed by atoms with Gasteiger partial charge in [-0.25, -0.2) is 0 Å². The first kappa shape index (κ1) is 11.7. The predicted molar refractivity (Wildman–Crippen MR) is 63.5 cm³/mol. The van der Waals surface area contributed by atoms with Gasteiger partial charge < -0.3 is 9.64 Å². The minimum atomic E-state index is 0.367. The summed E-state index contributed by atoms with van der Waals surface area (Å²) in [7, 11) is 2.23. The largest absolute Gasteiger partial charge is 0.381 e. The molecule has 0 spiro atoms. The third-order valence-electron chi connectivity index (χ3n) is 3.78. The van der Waals surface area contributed by atoms with Crippen LogP contribution in [0.15, 0.2) is 0 Å². The van der Waals surface area contributed by atoms with Crippen molar-refractivity contribution in [2.24, 2.45) is 5.92 Å². The van der Waals surface area contributed by atoms with Crippen LogP contribution in [0.1, 0.15) is 32.1 Å². The zero-order valence-corrected chi connectivity index (χ0v) is 10.4. The second-order valence-corrected chi connectivity index (χ2v) is 5.60. The Morgan fingerprint density at radius 1 is 1.27 bits per heavy atom. The normalized spacial score (nSPS) is 37.4. The molecule has 0 bridgehead atoms. The zero-order chi connectivity index (χ0) is 10.7. The Morgan fingerprint density at radius 2 is 2.07 bits per heavy atom. The van der Waals surface area contributed by atoms with Crippen molar-refractivity contribution < 1.29 is 4.74 Å². The van der Waals surface area contributed by atoms with Gasteiger partial charge in [-0.1, -0.05) is 12.8 Å². The maximum Gasteiger partial charge on any atom is 0.0507 e. The van der Waals surface area contributed by atoms with Crippen LogP contribution in [-0.4, -0.2) is 43.1 Å². The number of hydrogen-bond donors (Lipinski definition) is 0. The summed E-state index contributed by atoms with van der Waals surface area (Å²) in [6, 6.07) is 0.598. The van der Waals surface area contributed by atoms with E-state index in [9.17, 15) is 0 Å². The maximum atomic E-state index is 6.39. The van der Waals surface area contributed by atoms with Crippen LogP contribution < -0.4 is 0 Å². The van der Waals surface area contributed by atoms with Crippen molar-refractivity contribution in [1.29, 1.82) is 0 Å². The number of rotatable bonds is 3. The van der Waals surface area contributed by atoms with Gasteiger partial charge in [-0.2, -0.15) is 0 Å². The number of nitrogens with zero attached hydrogens (tertiary/aromatic N) is 1. The highest BCUT2D eigenvalue weighted by Crippen LogP contribution is 2.27. The van der Waals surface area contributed by atoms with Crippen LogP contribution in [0, 0.1) is 5.92 Å². The van der Waals surface area contributed by atoms with Gasteiger partial charge in [-0.05, 0) is 32.2 Å². The second kappa shape index (κ2) is 5.51. The highest BCUT2D eigenvalue weighted by Gasteiger charge is 2.28. The first-order valence-electron chi connectivity index (χ1n) is 6.19. The molecule has 2 nitrogen and oxygen atoms in total. The molecule has 1 aliphatic heterocycles. The van der Waals surface area contributed by atoms with Gasteiger partial charge in [0, 0.05) is 24.6 Å². The van der Waals surface area contributed by atoms with Gasteiger partial charge in [0.25, 0.3) is 0 Å². The smallest absolute Gasteiger partial charge is 0.0507 e. The van der Waals surface area contributed by atoms with Crippen molar-refractivity contribution in [1.82, 2.24) is 4.90 Å². The molecule has 0 radical (unpaired) electrons. The third kappa shape index (κ3) is 3.08. The molecule has 2 rings (SSSR count). The first-order valence-corrected chi connectivity index (χ1v) is 6.63. The Morgan fingerprint density at radius 3 is 2.73 bits per heavy atom. The lowest BCUT2D eigenvalue weighted by Gasteiger charge is -2.36. The summed E-state index contributed by atoms with van der Waals surface area (Å²) in [6.45, 7) is 3.06. The number of ether oxygens (including phenoxy) is 1. The third-order valence-corrected chi connectivity index (χ3v) is 4.29. The van der Waals surface area contributed by atoms with Crippen molar-refractivity contribution in [3.63, 3.8) is 0 Å². The van der Waals surface area contributed by atoms with Gasteiger partial charge in [-0.15, -0.1) is 11.6 Å². The lowest BCUT2D eigenvalue weighted by Crippen LogP contribution is -2.43. The molecule has 1 aliphatic carbocycles. The minimum Gasteiger partial charge on any atom is -0.381 e. The van der Waals surface area contributed by atoms with Gasteiger partial charge in [0.15, 0.2) is 0 Å². The van der Waals surface area contributed by atoms with E-state index in [-0.39, 0.29) is 0 Å². The number of alkyl halides is 1. The fraction of sp³-hybridized carbons (Fsp3) is 1.00. The molecule has 0 N–H and O–H groups in total. The lowest BCUT2D eigenvalue weighted by atomic mass is 9.93. The van der Waals surface area contributed by atoms with E-state index >= 15 is 0 Å². The average Bonchev–Trinajstić information content (AvgIpc) is 2.71. The van der Waals surface area contributed by atoms with Crippen LogP contribution in [0.3, 0.4) is 0 Å². The summed E-state index contributed by atoms with van der Waals surface area (Å²) in [6.07, 6.45) is 6.35. The average molecular weight is 232 g/mol. The molecule has 1 heterocycles. The van der Waals surface area contributed by atoms with E-state index in [0.717, 1.165) is 25.7 Å². The van der Waals surface area contributed by atoms with Crippen LogP contribution >= 0.6 is 11.6 Å². The molecular weight excluding hydrogens is 210 g/mol. The van der Waals surface area contributed by atoms with Crippen molar-refractivity contribution in [3.8, 4) is 0 Å². The Kier molecular flexibility index (Phi) is 4.30. The Bertz CT molecular complexity index is 194. The summed E-state index contributed by atoms with van der Waals surface area (Å²) in [5.74, 6) is 0.737. The van der Waals surface area contributed by atoms with Crippen molar-refractivity contribution >= 4 is 11.6 Å². The molecule has 0 aromatic carbocycles. The fourth-order valence-corrected chi connectivity index (χ4v) is 3.31. The Balaban J connectivity index is 1.80. The van der Waals surface area contributed by atoms with Crippen molar-refractivity contribution in [2.45, 2.75) is 43.5 Å². The summed E-state index contributed by atoms with van der Waals surface area (Å²) in [5.41, 5.74) is 0. The highest BCUT2D eigenvalue weighted by atomic mass is 35.5. The van der Waals surface area contributed by atoms with Gasteiger partial charge in [0.2, 0.25) is 0 Å². The van der Waals surface area contributed by atoms with Crippen LogP contribution in [0.25, 0.3) is 0 Å². The standard InChI is InChI=1S/C12H22ClNO/c1-14(8-10-6-7-15-9-10)12-5-3-2-4-11(12)13/h10-12H,2-9H2,1H3. The molecule has 2 aliphatic rings. The van der Waals surface area contributed by atoms with Crippen molar-refractivity contribution in [2.75, 3.05) is 26.8 Å². The number of halogens is 1. The van der Waals surface area contributed by atoms with Crippen LogP contribution in [0.4, 0.5) is 0 Å². The van der Waals surface area contributed by atoms with Crippen LogP contribution in [-0.2, 0) is 4.74 Å². The van der Waals surface area contributed by atoms with E-state index < -0.39 is 0 Å². The molecule has 2 fully saturated rings. The summed E-state index contributed by atoms with van der Waals surface area (Å²) in [4.78, 5) is 2.47. The van der Waals surface area contributed by atoms with E-state index in [1.54, 1.807) is 0 Å². The SMILES string of the molecule is CN(CC1CCOC1)C1CCCCC1Cl. The molecule has 0 amide bonds. The van der Waals surface area contributed by atoms with Gasteiger partial charge >= 0.3 is 0 Å². The monoisotopic (exact) mass is 231 g/mol. The Hall–Kier alpha value is 0.210. The van der Waals surface area contributed by atoms with Gasteiger partial charge in [0.1, 0.15) is 0 Å². The molecular formula is C12H22ClNO. The molecule has 3 heteroatoms. The topological polar surface area (TPSA) is 12.5 Å². The molecule has 88 valence electrons. The van der Waals surface area contributed by atoms with E-state index in [1.807, 2.05) is 0 Å². The summed E-state index contributed by atoms with van der Waals surface area (Å²) >= 11 is 6.39. The molecule has 1 saturated heterocycles. The lowest BCUT2D eigenvalue weighted by molar-refractivity contribution is 0.146. The molecule has 1 saturated carbocycles. The highest BCUT2D eigenvalue weighted by molar-refractivity contribution is 6.21. The Labute approximate surface area is 97.9 Å². The summed E-state index contributed by atoms with van der Waals surface area (Å²) in [5, 5.41) is 0.367. The van der Waals surface area contributed by atoms with E-state index in [4.69, 9.17) is 16.3 Å². The fourth-order valence-electron chi connectivity index (χ4n) is 2.83. The molecule has 0 aromatic rings. The quantitative estimate of drug-likeness (QED) is 0.693. The summed E-state index contributed by atoms with van der Waals surface area (Å²) < 4.78 is 5.41. The molecule has 15 heavy (non-hydrogen) atoms. The second-order valence-electron chi connectivity index (χ2n) is 5.04. The van der Waals surface area contributed by atoms with E-state index in [1.165, 1.54) is 32.1 Å². The molecule has 3 unspecified atom stereocenters. The zero-order valence-electron chi connectivity index (χ0n) is 9.62. The van der Waals surface area contributed by atoms with E-state index in [2.05, 4.69) is 11.9 Å². The molecule has 0 aromatic heterocycles. The van der Waals surface area contributed by atoms with Crippen LogP contribution in [0.5, 0.6) is 0 Å². The number of hydrogen-bond acceptors (Lipinski definition) is 2. The predicted octanol–water partition coefficient (Wildman–Crippen LogP) is 2.50. The van der Waals surface area contributed by atoms with Crippen LogP contribution in [0.2, 0.25) is 0 Å². The first-order chi connectivity index (χ1) is 7.27. The molecule has 3 atom stereocenters. The maximum absolute atomic E-state index is 6.39.